The van der Waals surface area contributed by atoms with Crippen LogP contribution in [0.3, 0.4) is 0 Å². The Morgan fingerprint density at radius 2 is 2.20 bits per heavy atom. The quantitative estimate of drug-likeness (QED) is 0.916. The number of rotatable bonds is 4. The second kappa shape index (κ2) is 6.37. The fourth-order valence-electron chi connectivity index (χ4n) is 2.21. The molecule has 2 rings (SSSR count). The van der Waals surface area contributed by atoms with Gasteiger partial charge in [-0.15, -0.1) is 0 Å². The van der Waals surface area contributed by atoms with Crippen molar-refractivity contribution in [3.8, 4) is 0 Å². The number of benzene rings is 1. The maximum Gasteiger partial charge on any atom is 0.264 e. The maximum absolute atomic E-state index is 12.0. The summed E-state index contributed by atoms with van der Waals surface area (Å²) in [5.74, 6) is -0.755. The van der Waals surface area contributed by atoms with Crippen molar-refractivity contribution in [2.75, 3.05) is 12.4 Å². The Balaban J connectivity index is 1.98. The summed E-state index contributed by atoms with van der Waals surface area (Å²) in [7, 11) is -3.67. The number of carbonyl (C=O) groups excluding carboxylic acids is 1. The molecule has 1 aliphatic rings. The van der Waals surface area contributed by atoms with Crippen molar-refractivity contribution in [1.29, 1.82) is 0 Å². The number of hydrogen-bond donors (Lipinski definition) is 1. The van der Waals surface area contributed by atoms with Crippen LogP contribution in [0.1, 0.15) is 35.2 Å². The molecule has 1 amide bonds. The van der Waals surface area contributed by atoms with Crippen molar-refractivity contribution < 1.29 is 17.9 Å². The molecule has 0 spiro atoms. The molecular formula is C14H19NO4S. The van der Waals surface area contributed by atoms with Crippen LogP contribution < -0.4 is 4.72 Å². The lowest BCUT2D eigenvalue weighted by Crippen LogP contribution is -2.38. The first kappa shape index (κ1) is 15.0. The second-order valence-electron chi connectivity index (χ2n) is 5.07. The molecule has 5 nitrogen and oxygen atoms in total. The summed E-state index contributed by atoms with van der Waals surface area (Å²) in [5.41, 5.74) is 1.25. The highest BCUT2D eigenvalue weighted by atomic mass is 32.2. The largest absolute Gasteiger partial charge is 0.377 e. The molecule has 0 aliphatic carbocycles. The van der Waals surface area contributed by atoms with Gasteiger partial charge in [0.1, 0.15) is 0 Å². The van der Waals surface area contributed by atoms with Gasteiger partial charge < -0.3 is 4.74 Å². The van der Waals surface area contributed by atoms with Crippen LogP contribution >= 0.6 is 0 Å². The van der Waals surface area contributed by atoms with Crippen LogP contribution in [-0.4, -0.2) is 32.8 Å². The van der Waals surface area contributed by atoms with Crippen LogP contribution in [0.4, 0.5) is 0 Å². The Labute approximate surface area is 119 Å². The normalized spacial score (nSPS) is 19.6. The molecule has 1 fully saturated rings. The highest BCUT2D eigenvalue weighted by molar-refractivity contribution is 7.90. The van der Waals surface area contributed by atoms with Crippen LogP contribution in [0.2, 0.25) is 0 Å². The van der Waals surface area contributed by atoms with E-state index in [0.29, 0.717) is 12.2 Å². The van der Waals surface area contributed by atoms with Crippen molar-refractivity contribution in [2.45, 2.75) is 32.3 Å². The molecule has 1 saturated heterocycles. The van der Waals surface area contributed by atoms with E-state index in [9.17, 15) is 13.2 Å². The number of carbonyl (C=O) groups is 1. The molecule has 0 saturated carbocycles. The molecule has 20 heavy (non-hydrogen) atoms. The van der Waals surface area contributed by atoms with E-state index in [1.54, 1.807) is 18.2 Å². The number of amides is 1. The van der Waals surface area contributed by atoms with E-state index in [1.807, 2.05) is 13.0 Å². The summed E-state index contributed by atoms with van der Waals surface area (Å²) in [6.45, 7) is 2.44. The van der Waals surface area contributed by atoms with Gasteiger partial charge in [0.15, 0.2) is 0 Å². The summed E-state index contributed by atoms with van der Waals surface area (Å²) in [6.07, 6.45) is 2.34. The average molecular weight is 297 g/mol. The van der Waals surface area contributed by atoms with Gasteiger partial charge in [0.25, 0.3) is 5.91 Å². The molecule has 1 atom stereocenters. The first-order valence-corrected chi connectivity index (χ1v) is 8.34. The van der Waals surface area contributed by atoms with Crippen molar-refractivity contribution >= 4 is 15.9 Å². The summed E-state index contributed by atoms with van der Waals surface area (Å²) < 4.78 is 31.4. The van der Waals surface area contributed by atoms with Gasteiger partial charge in [0.2, 0.25) is 10.0 Å². The highest BCUT2D eigenvalue weighted by Gasteiger charge is 2.24. The molecule has 1 N–H and O–H groups in total. The molecule has 1 aromatic rings. The molecular weight excluding hydrogens is 278 g/mol. The summed E-state index contributed by atoms with van der Waals surface area (Å²) in [5, 5.41) is 0. The maximum atomic E-state index is 12.0. The minimum Gasteiger partial charge on any atom is -0.377 e. The summed E-state index contributed by atoms with van der Waals surface area (Å²) >= 11 is 0. The van der Waals surface area contributed by atoms with E-state index < -0.39 is 15.9 Å². The lowest BCUT2D eigenvalue weighted by atomic mass is 10.1. The Morgan fingerprint density at radius 1 is 1.40 bits per heavy atom. The monoisotopic (exact) mass is 297 g/mol. The predicted octanol–water partition coefficient (Wildman–Crippen LogP) is 1.62. The minimum atomic E-state index is -3.67. The van der Waals surface area contributed by atoms with E-state index in [1.165, 1.54) is 0 Å². The van der Waals surface area contributed by atoms with E-state index in [2.05, 4.69) is 4.72 Å². The van der Waals surface area contributed by atoms with Gasteiger partial charge in [0, 0.05) is 12.2 Å². The van der Waals surface area contributed by atoms with Gasteiger partial charge in [-0.2, -0.15) is 0 Å². The molecule has 1 aliphatic heterocycles. The van der Waals surface area contributed by atoms with Crippen molar-refractivity contribution in [2.24, 2.45) is 0 Å². The molecule has 110 valence electrons. The van der Waals surface area contributed by atoms with Crippen molar-refractivity contribution in [3.63, 3.8) is 0 Å². The number of hydrogen-bond acceptors (Lipinski definition) is 4. The third kappa shape index (κ3) is 4.31. The number of nitrogens with one attached hydrogen (secondary N) is 1. The van der Waals surface area contributed by atoms with Crippen molar-refractivity contribution in [3.05, 3.63) is 35.4 Å². The predicted molar refractivity (Wildman–Crippen MR) is 76.0 cm³/mol. The number of sulfonamides is 1. The molecule has 0 aromatic heterocycles. The standard InChI is InChI=1S/C14H19NO4S/c1-11-5-4-6-12(9-11)14(16)15-20(17,18)10-13-7-2-3-8-19-13/h4-6,9,13H,2-3,7-8,10H2,1H3,(H,15,16). The Morgan fingerprint density at radius 3 is 2.85 bits per heavy atom. The van der Waals surface area contributed by atoms with E-state index in [4.69, 9.17) is 4.74 Å². The lowest BCUT2D eigenvalue weighted by molar-refractivity contribution is 0.0304. The highest BCUT2D eigenvalue weighted by Crippen LogP contribution is 2.14. The second-order valence-corrected chi connectivity index (χ2v) is 6.84. The molecule has 0 bridgehead atoms. The van der Waals surface area contributed by atoms with Crippen LogP contribution in [0.5, 0.6) is 0 Å². The van der Waals surface area contributed by atoms with Crippen LogP contribution in [0, 0.1) is 6.92 Å². The first-order valence-electron chi connectivity index (χ1n) is 6.69. The SMILES string of the molecule is Cc1cccc(C(=O)NS(=O)(=O)CC2CCCCO2)c1. The zero-order valence-electron chi connectivity index (χ0n) is 11.5. The first-order chi connectivity index (χ1) is 9.46. The molecule has 1 unspecified atom stereocenters. The fraction of sp³-hybridized carbons (Fsp3) is 0.500. The number of aryl methyl sites for hydroxylation is 1. The average Bonchev–Trinajstić information content (AvgIpc) is 2.38. The van der Waals surface area contributed by atoms with E-state index in [0.717, 1.165) is 24.8 Å². The van der Waals surface area contributed by atoms with Gasteiger partial charge in [0.05, 0.1) is 11.9 Å². The topological polar surface area (TPSA) is 72.5 Å². The third-order valence-electron chi connectivity index (χ3n) is 3.21. The molecule has 1 aromatic carbocycles. The van der Waals surface area contributed by atoms with E-state index >= 15 is 0 Å². The van der Waals surface area contributed by atoms with Crippen LogP contribution in [0.15, 0.2) is 24.3 Å². The zero-order valence-corrected chi connectivity index (χ0v) is 12.3. The molecule has 0 radical (unpaired) electrons. The third-order valence-corrected chi connectivity index (χ3v) is 4.51. The number of ether oxygens (including phenoxy) is 1. The molecule has 1 heterocycles. The van der Waals surface area contributed by atoms with Crippen LogP contribution in [0.25, 0.3) is 0 Å². The lowest BCUT2D eigenvalue weighted by Gasteiger charge is -2.22. The van der Waals surface area contributed by atoms with Gasteiger partial charge >= 0.3 is 0 Å². The van der Waals surface area contributed by atoms with Gasteiger partial charge in [-0.25, -0.2) is 13.1 Å². The van der Waals surface area contributed by atoms with Crippen molar-refractivity contribution in [1.82, 2.24) is 4.72 Å². The van der Waals surface area contributed by atoms with E-state index in [-0.39, 0.29) is 11.9 Å². The smallest absolute Gasteiger partial charge is 0.264 e. The summed E-state index contributed by atoms with van der Waals surface area (Å²) in [4.78, 5) is 11.9. The van der Waals surface area contributed by atoms with Gasteiger partial charge in [-0.3, -0.25) is 4.79 Å². The Bertz CT molecular complexity index is 577. The van der Waals surface area contributed by atoms with Gasteiger partial charge in [-0.1, -0.05) is 17.7 Å². The minimum absolute atomic E-state index is 0.162. The Hall–Kier alpha value is -1.40. The zero-order chi connectivity index (χ0) is 14.6. The molecule has 6 heteroatoms. The van der Waals surface area contributed by atoms with Gasteiger partial charge in [-0.05, 0) is 38.3 Å². The fourth-order valence-corrected chi connectivity index (χ4v) is 3.45. The van der Waals surface area contributed by atoms with Crippen LogP contribution in [-0.2, 0) is 14.8 Å². The Kier molecular flexibility index (Phi) is 4.77. The summed E-state index contributed by atoms with van der Waals surface area (Å²) in [6, 6.07) is 6.82.